The molecule has 1 fully saturated rings. The molecule has 0 radical (unpaired) electrons. The van der Waals surface area contributed by atoms with Gasteiger partial charge < -0.3 is 10.1 Å². The lowest BCUT2D eigenvalue weighted by Crippen LogP contribution is -2.53. The average Bonchev–Trinajstić information content (AvgIpc) is 2.54. The summed E-state index contributed by atoms with van der Waals surface area (Å²) in [6.45, 7) is 1.86. The molecular formula is C11H17NO2. The van der Waals surface area contributed by atoms with Gasteiger partial charge in [0.15, 0.2) is 0 Å². The van der Waals surface area contributed by atoms with Crippen molar-refractivity contribution in [2.75, 3.05) is 7.11 Å². The standard InChI is InChI=1S/C11H17NO2/c1-7(11(13)14-2)12-10-6-8-4-3-5-9(8)10/h3,5,7-10,12H,4,6H2,1-2H3/t7-,8?,9?,10?/m0/s1. The van der Waals surface area contributed by atoms with Crippen LogP contribution < -0.4 is 5.32 Å². The molecule has 4 atom stereocenters. The largest absolute Gasteiger partial charge is 0.468 e. The lowest BCUT2D eigenvalue weighted by Gasteiger charge is -2.41. The van der Waals surface area contributed by atoms with Crippen molar-refractivity contribution < 1.29 is 9.53 Å². The van der Waals surface area contributed by atoms with Crippen LogP contribution in [-0.2, 0) is 9.53 Å². The van der Waals surface area contributed by atoms with Gasteiger partial charge >= 0.3 is 5.97 Å². The van der Waals surface area contributed by atoms with Crippen LogP contribution in [0.15, 0.2) is 12.2 Å². The number of fused-ring (bicyclic) bond motifs is 1. The molecule has 0 heterocycles. The minimum Gasteiger partial charge on any atom is -0.468 e. The van der Waals surface area contributed by atoms with Gasteiger partial charge in [0.05, 0.1) is 7.11 Å². The van der Waals surface area contributed by atoms with Gasteiger partial charge in [-0.15, -0.1) is 0 Å². The number of nitrogens with one attached hydrogen (secondary N) is 1. The van der Waals surface area contributed by atoms with Crippen molar-refractivity contribution >= 4 is 5.97 Å². The van der Waals surface area contributed by atoms with Crippen LogP contribution in [-0.4, -0.2) is 25.2 Å². The summed E-state index contributed by atoms with van der Waals surface area (Å²) in [7, 11) is 1.43. The van der Waals surface area contributed by atoms with Crippen LogP contribution in [0.1, 0.15) is 19.8 Å². The maximum Gasteiger partial charge on any atom is 0.322 e. The lowest BCUT2D eigenvalue weighted by molar-refractivity contribution is -0.143. The van der Waals surface area contributed by atoms with Gasteiger partial charge in [-0.25, -0.2) is 0 Å². The Morgan fingerprint density at radius 3 is 3.07 bits per heavy atom. The predicted octanol–water partition coefficient (Wildman–Crippen LogP) is 1.10. The third-order valence-electron chi connectivity index (χ3n) is 3.38. The molecular weight excluding hydrogens is 178 g/mol. The molecule has 0 aromatic heterocycles. The highest BCUT2D eigenvalue weighted by molar-refractivity contribution is 5.75. The minimum atomic E-state index is -0.181. The van der Waals surface area contributed by atoms with Crippen LogP contribution in [0.3, 0.4) is 0 Å². The van der Waals surface area contributed by atoms with E-state index in [9.17, 15) is 4.79 Å². The molecule has 0 amide bonds. The number of rotatable bonds is 3. The van der Waals surface area contributed by atoms with Crippen LogP contribution in [0.5, 0.6) is 0 Å². The van der Waals surface area contributed by atoms with Crippen molar-refractivity contribution in [3.05, 3.63) is 12.2 Å². The van der Waals surface area contributed by atoms with Gasteiger partial charge in [0, 0.05) is 6.04 Å². The van der Waals surface area contributed by atoms with E-state index in [1.54, 1.807) is 0 Å². The Kier molecular flexibility index (Phi) is 2.59. The number of hydrogen-bond donors (Lipinski definition) is 1. The summed E-state index contributed by atoms with van der Waals surface area (Å²) in [4.78, 5) is 11.2. The second-order valence-electron chi connectivity index (χ2n) is 4.25. The summed E-state index contributed by atoms with van der Waals surface area (Å²) >= 11 is 0. The Labute approximate surface area is 84.5 Å². The first kappa shape index (κ1) is 9.71. The first-order chi connectivity index (χ1) is 6.72. The van der Waals surface area contributed by atoms with Crippen LogP contribution in [0.25, 0.3) is 0 Å². The molecule has 0 saturated heterocycles. The number of methoxy groups -OCH3 is 1. The molecule has 3 heteroatoms. The fourth-order valence-electron chi connectivity index (χ4n) is 2.47. The summed E-state index contributed by atoms with van der Waals surface area (Å²) in [5.74, 6) is 1.31. The number of carbonyl (C=O) groups is 1. The monoisotopic (exact) mass is 195 g/mol. The molecule has 2 aliphatic rings. The molecule has 0 aromatic carbocycles. The molecule has 14 heavy (non-hydrogen) atoms. The van der Waals surface area contributed by atoms with E-state index in [0.29, 0.717) is 12.0 Å². The van der Waals surface area contributed by atoms with Crippen molar-refractivity contribution in [2.24, 2.45) is 11.8 Å². The summed E-state index contributed by atoms with van der Waals surface area (Å²) < 4.78 is 4.67. The molecule has 0 aromatic rings. The van der Waals surface area contributed by atoms with Crippen molar-refractivity contribution in [1.82, 2.24) is 5.32 Å². The van der Waals surface area contributed by atoms with E-state index in [-0.39, 0.29) is 12.0 Å². The fraction of sp³-hybridized carbons (Fsp3) is 0.727. The van der Waals surface area contributed by atoms with Gasteiger partial charge in [0.25, 0.3) is 0 Å². The molecule has 0 spiro atoms. The zero-order valence-electron chi connectivity index (χ0n) is 8.69. The minimum absolute atomic E-state index is 0.171. The van der Waals surface area contributed by atoms with Gasteiger partial charge in [-0.2, -0.15) is 0 Å². The molecule has 0 bridgehead atoms. The zero-order valence-corrected chi connectivity index (χ0v) is 8.69. The predicted molar refractivity (Wildman–Crippen MR) is 53.8 cm³/mol. The summed E-state index contributed by atoms with van der Waals surface area (Å²) in [6, 6.07) is 0.299. The van der Waals surface area contributed by atoms with E-state index in [1.807, 2.05) is 6.92 Å². The Bertz CT molecular complexity index is 262. The van der Waals surface area contributed by atoms with Gasteiger partial charge in [-0.1, -0.05) is 12.2 Å². The van der Waals surface area contributed by atoms with Crippen molar-refractivity contribution in [1.29, 1.82) is 0 Å². The summed E-state index contributed by atoms with van der Waals surface area (Å²) in [6.07, 6.45) is 6.93. The number of allylic oxidation sites excluding steroid dienone is 1. The molecule has 0 aliphatic heterocycles. The van der Waals surface area contributed by atoms with E-state index >= 15 is 0 Å². The second-order valence-corrected chi connectivity index (χ2v) is 4.25. The van der Waals surface area contributed by atoms with E-state index in [2.05, 4.69) is 22.2 Å². The highest BCUT2D eigenvalue weighted by Gasteiger charge is 2.41. The summed E-state index contributed by atoms with van der Waals surface area (Å²) in [5, 5.41) is 3.31. The van der Waals surface area contributed by atoms with Crippen molar-refractivity contribution in [3.8, 4) is 0 Å². The van der Waals surface area contributed by atoms with E-state index in [0.717, 1.165) is 5.92 Å². The van der Waals surface area contributed by atoms with Gasteiger partial charge in [-0.05, 0) is 31.6 Å². The van der Waals surface area contributed by atoms with E-state index < -0.39 is 0 Å². The highest BCUT2D eigenvalue weighted by Crippen LogP contribution is 2.42. The maximum atomic E-state index is 11.2. The average molecular weight is 195 g/mol. The molecule has 1 N–H and O–H groups in total. The van der Waals surface area contributed by atoms with Gasteiger partial charge in [0.2, 0.25) is 0 Å². The van der Waals surface area contributed by atoms with Crippen molar-refractivity contribution in [3.63, 3.8) is 0 Å². The normalized spacial score (nSPS) is 36.0. The van der Waals surface area contributed by atoms with E-state index in [4.69, 9.17) is 0 Å². The molecule has 3 unspecified atom stereocenters. The lowest BCUT2D eigenvalue weighted by atomic mass is 9.71. The Morgan fingerprint density at radius 1 is 1.64 bits per heavy atom. The van der Waals surface area contributed by atoms with Crippen LogP contribution in [0.4, 0.5) is 0 Å². The van der Waals surface area contributed by atoms with E-state index in [1.165, 1.54) is 20.0 Å². The van der Waals surface area contributed by atoms with Crippen LogP contribution in [0.2, 0.25) is 0 Å². The first-order valence-corrected chi connectivity index (χ1v) is 5.23. The fourth-order valence-corrected chi connectivity index (χ4v) is 2.47. The summed E-state index contributed by atoms with van der Waals surface area (Å²) in [5.41, 5.74) is 0. The van der Waals surface area contributed by atoms with Gasteiger partial charge in [0.1, 0.15) is 6.04 Å². The molecule has 2 aliphatic carbocycles. The third kappa shape index (κ3) is 1.57. The first-order valence-electron chi connectivity index (χ1n) is 5.23. The Balaban J connectivity index is 1.81. The van der Waals surface area contributed by atoms with Crippen LogP contribution in [0, 0.1) is 11.8 Å². The number of ether oxygens (including phenoxy) is 1. The quantitative estimate of drug-likeness (QED) is 0.541. The molecule has 1 saturated carbocycles. The van der Waals surface area contributed by atoms with Gasteiger partial charge in [-0.3, -0.25) is 4.79 Å². The molecule has 3 nitrogen and oxygen atoms in total. The number of esters is 1. The number of hydrogen-bond acceptors (Lipinski definition) is 3. The maximum absolute atomic E-state index is 11.2. The SMILES string of the molecule is COC(=O)[C@H](C)NC1CC2CC=CC21. The smallest absolute Gasteiger partial charge is 0.322 e. The Morgan fingerprint density at radius 2 is 2.43 bits per heavy atom. The van der Waals surface area contributed by atoms with Crippen LogP contribution >= 0.6 is 0 Å². The Hall–Kier alpha value is -0.830. The zero-order chi connectivity index (χ0) is 10.1. The molecule has 2 rings (SSSR count). The molecule has 78 valence electrons. The number of carbonyl (C=O) groups excluding carboxylic acids is 1. The third-order valence-corrected chi connectivity index (χ3v) is 3.38. The topological polar surface area (TPSA) is 38.3 Å². The second kappa shape index (κ2) is 3.73. The highest BCUT2D eigenvalue weighted by atomic mass is 16.5. The van der Waals surface area contributed by atoms with Crippen molar-refractivity contribution in [2.45, 2.75) is 31.8 Å².